The minimum absolute atomic E-state index is 0.0933. The van der Waals surface area contributed by atoms with E-state index in [9.17, 15) is 0 Å². The van der Waals surface area contributed by atoms with E-state index < -0.39 is 0 Å². The zero-order valence-corrected chi connectivity index (χ0v) is 30.7. The van der Waals surface area contributed by atoms with Crippen LogP contribution in [0.25, 0.3) is 66.0 Å². The number of dihydropyridines is 1. The predicted octanol–water partition coefficient (Wildman–Crippen LogP) is 12.8. The third kappa shape index (κ3) is 5.53. The van der Waals surface area contributed by atoms with Gasteiger partial charge in [-0.15, -0.1) is 0 Å². The molecule has 4 nitrogen and oxygen atoms in total. The highest BCUT2D eigenvalue weighted by atomic mass is 15.2. The Bertz CT molecular complexity index is 2980. The van der Waals surface area contributed by atoms with E-state index in [2.05, 4.69) is 208 Å². The molecular formula is C51H40N4. The zero-order chi connectivity index (χ0) is 36.7. The predicted molar refractivity (Wildman–Crippen MR) is 232 cm³/mol. The zero-order valence-electron chi connectivity index (χ0n) is 30.7. The number of fused-ring (bicyclic) bond motifs is 9. The Balaban J connectivity index is 0.000000482. The average molecular weight is 709 g/mol. The smallest absolute Gasteiger partial charge is 0.123 e. The lowest BCUT2D eigenvalue weighted by Crippen LogP contribution is -2.23. The lowest BCUT2D eigenvalue weighted by atomic mass is 10.0. The Hall–Kier alpha value is -7.04. The number of benzene rings is 6. The van der Waals surface area contributed by atoms with Crippen molar-refractivity contribution >= 4 is 54.6 Å². The normalized spacial score (nSPS) is 15.3. The lowest BCUT2D eigenvalue weighted by Gasteiger charge is -2.23. The maximum Gasteiger partial charge on any atom is 0.123 e. The average Bonchev–Trinajstić information content (AvgIpc) is 3.77. The highest BCUT2D eigenvalue weighted by molar-refractivity contribution is 6.29. The van der Waals surface area contributed by atoms with Crippen molar-refractivity contribution in [1.29, 1.82) is 0 Å². The SMILES string of the molecule is C1=CCC=CC(C2=CC(n3c4ccccc4c4ccc5c(c6c(c7ccccc7n6-c6ccccc6)n5-c5ccccc5)c43)NC=C2)=C1.Cc1ccccc1. The van der Waals surface area contributed by atoms with Gasteiger partial charge >= 0.3 is 0 Å². The molecule has 1 unspecified atom stereocenters. The first-order valence-corrected chi connectivity index (χ1v) is 19.1. The van der Waals surface area contributed by atoms with Crippen LogP contribution in [-0.2, 0) is 0 Å². The Kier molecular flexibility index (Phi) is 8.15. The van der Waals surface area contributed by atoms with Crippen molar-refractivity contribution in [3.63, 3.8) is 0 Å². The molecular weight excluding hydrogens is 669 g/mol. The second-order valence-corrected chi connectivity index (χ2v) is 14.2. The molecule has 4 heterocycles. The second-order valence-electron chi connectivity index (χ2n) is 14.2. The topological polar surface area (TPSA) is 26.8 Å². The molecule has 0 saturated carbocycles. The Labute approximate surface area is 320 Å². The molecule has 1 aliphatic carbocycles. The van der Waals surface area contributed by atoms with Gasteiger partial charge in [-0.1, -0.05) is 145 Å². The molecule has 4 heteroatoms. The molecule has 0 spiro atoms. The van der Waals surface area contributed by atoms with Crippen molar-refractivity contribution in [2.24, 2.45) is 0 Å². The van der Waals surface area contributed by atoms with Crippen molar-refractivity contribution < 1.29 is 0 Å². The molecule has 1 atom stereocenters. The monoisotopic (exact) mass is 708 g/mol. The van der Waals surface area contributed by atoms with Gasteiger partial charge in [0.15, 0.2) is 0 Å². The van der Waals surface area contributed by atoms with Crippen molar-refractivity contribution in [2.75, 3.05) is 0 Å². The molecule has 6 aromatic carbocycles. The van der Waals surface area contributed by atoms with Crippen molar-refractivity contribution in [3.8, 4) is 11.4 Å². The van der Waals surface area contributed by atoms with E-state index in [1.165, 1.54) is 71.4 Å². The molecule has 0 saturated heterocycles. The van der Waals surface area contributed by atoms with Gasteiger partial charge < -0.3 is 19.0 Å². The Morgan fingerprint density at radius 2 is 1.15 bits per heavy atom. The second kappa shape index (κ2) is 13.7. The van der Waals surface area contributed by atoms with E-state index in [1.807, 2.05) is 18.2 Å². The van der Waals surface area contributed by atoms with Crippen LogP contribution in [0.1, 0.15) is 18.2 Å². The molecule has 11 rings (SSSR count). The summed E-state index contributed by atoms with van der Waals surface area (Å²) in [5.74, 6) is 0. The van der Waals surface area contributed by atoms with E-state index in [0.717, 1.165) is 17.8 Å². The van der Waals surface area contributed by atoms with Crippen LogP contribution in [0.15, 0.2) is 212 Å². The fraction of sp³-hybridized carbons (Fsp3) is 0.0588. The number of allylic oxidation sites excluding steroid dienone is 8. The van der Waals surface area contributed by atoms with Gasteiger partial charge in [0.1, 0.15) is 6.17 Å². The first kappa shape index (κ1) is 32.6. The standard InChI is InChI=1S/C44H32N4.C7H8/c1-2-6-16-30(15-5-1)31-27-28-45-40(29-31)48-37-23-13-11-21-34(37)35-25-26-39-41(42(35)48)44-43(47(39)33-19-9-4-10-20-33)36-22-12-14-24-38(36)46(44)32-17-7-3-8-18-32;1-7-5-3-2-4-6-7/h1,3-29,40,45H,2H2;2-6H,1H3. The summed E-state index contributed by atoms with van der Waals surface area (Å²) in [4.78, 5) is 0. The molecule has 0 radical (unpaired) electrons. The molecule has 1 aliphatic heterocycles. The van der Waals surface area contributed by atoms with E-state index in [4.69, 9.17) is 0 Å². The van der Waals surface area contributed by atoms with Gasteiger partial charge in [-0.3, -0.25) is 0 Å². The van der Waals surface area contributed by atoms with Gasteiger partial charge in [-0.05, 0) is 85.3 Å². The highest BCUT2D eigenvalue weighted by Gasteiger charge is 2.27. The first-order chi connectivity index (χ1) is 27.3. The van der Waals surface area contributed by atoms with E-state index >= 15 is 0 Å². The van der Waals surface area contributed by atoms with Gasteiger partial charge in [0.25, 0.3) is 0 Å². The number of aromatic nitrogens is 3. The summed E-state index contributed by atoms with van der Waals surface area (Å²) in [6.45, 7) is 2.08. The van der Waals surface area contributed by atoms with Gasteiger partial charge in [-0.2, -0.15) is 0 Å². The quantitative estimate of drug-likeness (QED) is 0.194. The van der Waals surface area contributed by atoms with Crippen LogP contribution in [0.2, 0.25) is 0 Å². The van der Waals surface area contributed by atoms with Gasteiger partial charge in [-0.25, -0.2) is 0 Å². The van der Waals surface area contributed by atoms with Crippen LogP contribution in [0, 0.1) is 6.92 Å². The number of rotatable bonds is 4. The summed E-state index contributed by atoms with van der Waals surface area (Å²) in [5.41, 5.74) is 13.3. The van der Waals surface area contributed by atoms with Gasteiger partial charge in [0, 0.05) is 32.9 Å². The summed E-state index contributed by atoms with van der Waals surface area (Å²) in [5, 5.41) is 8.71. The first-order valence-electron chi connectivity index (χ1n) is 19.1. The van der Waals surface area contributed by atoms with E-state index in [0.29, 0.717) is 0 Å². The summed E-state index contributed by atoms with van der Waals surface area (Å²) < 4.78 is 7.46. The number of para-hydroxylation sites is 4. The number of hydrogen-bond donors (Lipinski definition) is 1. The van der Waals surface area contributed by atoms with Crippen LogP contribution in [0.4, 0.5) is 0 Å². The van der Waals surface area contributed by atoms with E-state index in [1.54, 1.807) is 0 Å². The van der Waals surface area contributed by atoms with Crippen LogP contribution in [-0.4, -0.2) is 13.7 Å². The van der Waals surface area contributed by atoms with Gasteiger partial charge in [0.05, 0.1) is 33.1 Å². The summed E-state index contributed by atoms with van der Waals surface area (Å²) in [7, 11) is 0. The molecule has 9 aromatic rings. The van der Waals surface area contributed by atoms with Crippen LogP contribution < -0.4 is 5.32 Å². The number of aryl methyl sites for hydroxylation is 1. The number of nitrogens with zero attached hydrogens (tertiary/aromatic N) is 3. The highest BCUT2D eigenvalue weighted by Crippen LogP contribution is 2.46. The fourth-order valence-electron chi connectivity index (χ4n) is 8.44. The minimum atomic E-state index is -0.0933. The minimum Gasteiger partial charge on any atom is -0.368 e. The maximum absolute atomic E-state index is 3.74. The summed E-state index contributed by atoms with van der Waals surface area (Å²) in [6.07, 6.45) is 18.6. The fourth-order valence-corrected chi connectivity index (χ4v) is 8.44. The van der Waals surface area contributed by atoms with Crippen molar-refractivity contribution in [2.45, 2.75) is 19.5 Å². The Morgan fingerprint density at radius 3 is 1.85 bits per heavy atom. The maximum atomic E-state index is 3.74. The van der Waals surface area contributed by atoms with Crippen LogP contribution >= 0.6 is 0 Å². The van der Waals surface area contributed by atoms with E-state index in [-0.39, 0.29) is 6.17 Å². The lowest BCUT2D eigenvalue weighted by molar-refractivity contribution is 0.575. The van der Waals surface area contributed by atoms with Gasteiger partial charge in [0.2, 0.25) is 0 Å². The molecule has 264 valence electrons. The molecule has 0 bridgehead atoms. The molecule has 0 fully saturated rings. The molecule has 55 heavy (non-hydrogen) atoms. The molecule has 0 amide bonds. The number of nitrogens with one attached hydrogen (secondary N) is 1. The van der Waals surface area contributed by atoms with Crippen LogP contribution in [0.5, 0.6) is 0 Å². The Morgan fingerprint density at radius 1 is 0.509 bits per heavy atom. The summed E-state index contributed by atoms with van der Waals surface area (Å²) in [6, 6.07) is 54.2. The summed E-state index contributed by atoms with van der Waals surface area (Å²) >= 11 is 0. The van der Waals surface area contributed by atoms with Crippen molar-refractivity contribution in [1.82, 2.24) is 19.0 Å². The third-order valence-corrected chi connectivity index (χ3v) is 10.8. The third-order valence-electron chi connectivity index (χ3n) is 10.8. The number of hydrogen-bond acceptors (Lipinski definition) is 1. The molecule has 3 aromatic heterocycles. The molecule has 2 aliphatic rings. The largest absolute Gasteiger partial charge is 0.368 e. The van der Waals surface area contributed by atoms with Crippen molar-refractivity contribution in [3.05, 3.63) is 217 Å². The van der Waals surface area contributed by atoms with Crippen LogP contribution in [0.3, 0.4) is 0 Å². The molecule has 1 N–H and O–H groups in total.